The molecule has 0 unspecified atom stereocenters. The molecule has 3 heteroatoms. The Hall–Kier alpha value is 0.114. The first kappa shape index (κ1) is 23.7. The van der Waals surface area contributed by atoms with E-state index in [1.54, 1.807) is 6.08 Å². The Balaban J connectivity index is -0.0000000522. The molecule has 0 saturated carbocycles. The molecule has 0 aliphatic carbocycles. The van der Waals surface area contributed by atoms with E-state index >= 15 is 0 Å². The summed E-state index contributed by atoms with van der Waals surface area (Å²) in [6, 6.07) is 0. The fourth-order valence-corrected chi connectivity index (χ4v) is 0.136. The van der Waals surface area contributed by atoms with Crippen molar-refractivity contribution in [3.05, 3.63) is 24.8 Å². The Morgan fingerprint density at radius 3 is 1.36 bits per heavy atom. The van der Waals surface area contributed by atoms with Crippen LogP contribution in [0.2, 0.25) is 0 Å². The summed E-state index contributed by atoms with van der Waals surface area (Å²) in [6.45, 7) is 9.92. The van der Waals surface area contributed by atoms with Crippen LogP contribution in [0.4, 0.5) is 0 Å². The zero-order chi connectivity index (χ0) is 10.9. The number of allylic oxidation sites excluding steroid dienone is 3. The average molecular weight is 236 g/mol. The number of hydrogen-bond donors (Lipinski definition) is 2. The van der Waals surface area contributed by atoms with Crippen LogP contribution in [0, 0.1) is 0 Å². The molecule has 0 aliphatic rings. The van der Waals surface area contributed by atoms with Gasteiger partial charge in [0.25, 0.3) is 0 Å². The third-order valence-electron chi connectivity index (χ3n) is 0.776. The van der Waals surface area contributed by atoms with Gasteiger partial charge in [0.2, 0.25) is 0 Å². The molecule has 0 aromatic heterocycles. The normalized spacial score (nSPS) is 7.50. The van der Waals surface area contributed by atoms with Gasteiger partial charge < -0.3 is 10.2 Å². The van der Waals surface area contributed by atoms with Crippen LogP contribution in [0.3, 0.4) is 0 Å². The van der Waals surface area contributed by atoms with Gasteiger partial charge in [-0.25, -0.2) is 0 Å². The van der Waals surface area contributed by atoms with E-state index in [1.165, 1.54) is 0 Å². The molecular weight excluding hydrogens is 212 g/mol. The van der Waals surface area contributed by atoms with Crippen molar-refractivity contribution >= 4 is 0 Å². The van der Waals surface area contributed by atoms with Crippen molar-refractivity contribution in [2.75, 3.05) is 13.2 Å². The van der Waals surface area contributed by atoms with Crippen molar-refractivity contribution in [3.8, 4) is 0 Å². The van der Waals surface area contributed by atoms with Crippen LogP contribution in [0.15, 0.2) is 24.8 Å². The molecule has 0 saturated heterocycles. The molecule has 0 heterocycles. The molecule has 0 atom stereocenters. The fraction of sp³-hybridized carbons (Fsp3) is 0.636. The van der Waals surface area contributed by atoms with Crippen molar-refractivity contribution in [3.63, 3.8) is 0 Å². The SMILES string of the molecule is C=CC=CC.CCCO.CCCO.[Ti]. The minimum Gasteiger partial charge on any atom is -0.396 e. The van der Waals surface area contributed by atoms with Gasteiger partial charge in [-0.3, -0.25) is 0 Å². The van der Waals surface area contributed by atoms with Gasteiger partial charge in [-0.2, -0.15) is 0 Å². The minimum absolute atomic E-state index is 0. The molecule has 14 heavy (non-hydrogen) atoms. The van der Waals surface area contributed by atoms with Crippen molar-refractivity contribution in [1.82, 2.24) is 0 Å². The molecule has 0 rings (SSSR count). The summed E-state index contributed by atoms with van der Waals surface area (Å²) < 4.78 is 0. The molecule has 0 spiro atoms. The maximum atomic E-state index is 7.88. The number of aliphatic hydroxyl groups is 2. The largest absolute Gasteiger partial charge is 0.396 e. The zero-order valence-electron chi connectivity index (χ0n) is 9.66. The number of aliphatic hydroxyl groups excluding tert-OH is 2. The first-order chi connectivity index (χ1) is 6.24. The predicted octanol–water partition coefficient (Wildman–Crippen LogP) is 2.52. The van der Waals surface area contributed by atoms with Crippen molar-refractivity contribution in [2.24, 2.45) is 0 Å². The Kier molecular flexibility index (Phi) is 64.5. The summed E-state index contributed by atoms with van der Waals surface area (Å²) in [5.74, 6) is 0. The van der Waals surface area contributed by atoms with E-state index in [-0.39, 0.29) is 21.7 Å². The summed E-state index contributed by atoms with van der Waals surface area (Å²) in [5, 5.41) is 15.8. The third-order valence-corrected chi connectivity index (χ3v) is 0.776. The fourth-order valence-electron chi connectivity index (χ4n) is 0.136. The Labute approximate surface area is 104 Å². The van der Waals surface area contributed by atoms with Crippen LogP contribution in [0.5, 0.6) is 0 Å². The van der Waals surface area contributed by atoms with Crippen molar-refractivity contribution < 1.29 is 31.9 Å². The minimum atomic E-state index is 0. The van der Waals surface area contributed by atoms with E-state index in [0.29, 0.717) is 13.2 Å². The van der Waals surface area contributed by atoms with E-state index in [9.17, 15) is 0 Å². The maximum Gasteiger partial charge on any atom is 0.0428 e. The Morgan fingerprint density at radius 2 is 1.36 bits per heavy atom. The van der Waals surface area contributed by atoms with E-state index in [0.717, 1.165) is 12.8 Å². The summed E-state index contributed by atoms with van der Waals surface area (Å²) >= 11 is 0. The molecule has 0 bridgehead atoms. The molecule has 0 amide bonds. The van der Waals surface area contributed by atoms with Gasteiger partial charge in [0, 0.05) is 34.9 Å². The van der Waals surface area contributed by atoms with E-state index in [4.69, 9.17) is 10.2 Å². The standard InChI is InChI=1S/C5H8.2C3H8O.Ti/c1-3-5-4-2;2*1-2-3-4;/h3-5H,1H2,2H3;2*4H,2-3H2,1H3;. The summed E-state index contributed by atoms with van der Waals surface area (Å²) in [5.41, 5.74) is 0. The molecule has 0 aliphatic heterocycles. The Morgan fingerprint density at radius 1 is 1.07 bits per heavy atom. The quantitative estimate of drug-likeness (QED) is 0.584. The number of rotatable bonds is 3. The van der Waals surface area contributed by atoms with Gasteiger partial charge in [-0.1, -0.05) is 38.7 Å². The smallest absolute Gasteiger partial charge is 0.0428 e. The topological polar surface area (TPSA) is 40.5 Å². The average Bonchev–Trinajstić information content (AvgIpc) is 2.20. The third kappa shape index (κ3) is 88.4. The van der Waals surface area contributed by atoms with Crippen molar-refractivity contribution in [2.45, 2.75) is 33.6 Å². The van der Waals surface area contributed by atoms with E-state index < -0.39 is 0 Å². The molecule has 0 fully saturated rings. The molecule has 0 aromatic carbocycles. The van der Waals surface area contributed by atoms with Crippen LogP contribution in [0.25, 0.3) is 0 Å². The second kappa shape index (κ2) is 38.0. The van der Waals surface area contributed by atoms with Gasteiger partial charge in [0.1, 0.15) is 0 Å². The first-order valence-corrected chi connectivity index (χ1v) is 4.70. The summed E-state index contributed by atoms with van der Waals surface area (Å²) in [7, 11) is 0. The second-order valence-electron chi connectivity index (χ2n) is 2.21. The van der Waals surface area contributed by atoms with Crippen LogP contribution in [-0.4, -0.2) is 23.4 Å². The van der Waals surface area contributed by atoms with Gasteiger partial charge in [0.15, 0.2) is 0 Å². The molecule has 2 nitrogen and oxygen atoms in total. The van der Waals surface area contributed by atoms with Crippen molar-refractivity contribution in [1.29, 1.82) is 0 Å². The maximum absolute atomic E-state index is 7.88. The molecular formula is C11H24O2Ti. The zero-order valence-corrected chi connectivity index (χ0v) is 11.2. The molecule has 0 radical (unpaired) electrons. The monoisotopic (exact) mass is 236 g/mol. The molecule has 2 N–H and O–H groups in total. The van der Waals surface area contributed by atoms with Gasteiger partial charge in [0.05, 0.1) is 0 Å². The molecule has 0 aromatic rings. The summed E-state index contributed by atoms with van der Waals surface area (Å²) in [4.78, 5) is 0. The van der Waals surface area contributed by atoms with Gasteiger partial charge in [-0.05, 0) is 19.8 Å². The number of hydrogen-bond acceptors (Lipinski definition) is 2. The van der Waals surface area contributed by atoms with E-state index in [1.807, 2.05) is 32.9 Å². The van der Waals surface area contributed by atoms with Crippen LogP contribution in [-0.2, 0) is 21.7 Å². The first-order valence-electron chi connectivity index (χ1n) is 4.70. The van der Waals surface area contributed by atoms with Crippen LogP contribution >= 0.6 is 0 Å². The van der Waals surface area contributed by atoms with E-state index in [2.05, 4.69) is 6.58 Å². The van der Waals surface area contributed by atoms with Crippen LogP contribution < -0.4 is 0 Å². The van der Waals surface area contributed by atoms with Gasteiger partial charge in [-0.15, -0.1) is 0 Å². The molecule has 84 valence electrons. The summed E-state index contributed by atoms with van der Waals surface area (Å²) in [6.07, 6.45) is 7.33. The predicted molar refractivity (Wildman–Crippen MR) is 59.8 cm³/mol. The Bertz CT molecular complexity index is 85.3. The van der Waals surface area contributed by atoms with Gasteiger partial charge >= 0.3 is 0 Å². The second-order valence-corrected chi connectivity index (χ2v) is 2.21. The van der Waals surface area contributed by atoms with Crippen LogP contribution in [0.1, 0.15) is 33.6 Å².